The molecular weight excluding hydrogens is 188 g/mol. The Balaban J connectivity index is 2.37. The number of hydrogen-bond donors (Lipinski definition) is 2. The molecule has 2 aromatic rings. The summed E-state index contributed by atoms with van der Waals surface area (Å²) in [4.78, 5) is 4.40. The van der Waals surface area contributed by atoms with Gasteiger partial charge in [-0.15, -0.1) is 0 Å². The summed E-state index contributed by atoms with van der Waals surface area (Å²) in [5, 5.41) is 7.08. The van der Waals surface area contributed by atoms with Crippen LogP contribution in [0.25, 0.3) is 11.4 Å². The van der Waals surface area contributed by atoms with Crippen LogP contribution in [0.5, 0.6) is 0 Å². The Morgan fingerprint density at radius 3 is 2.73 bits per heavy atom. The van der Waals surface area contributed by atoms with E-state index in [-0.39, 0.29) is 0 Å². The number of H-pyrrole nitrogens is 1. The van der Waals surface area contributed by atoms with Gasteiger partial charge in [-0.05, 0) is 12.1 Å². The standard InChI is InChI=1S/C11H14N4/c1-7(2)10-13-11(15-14-10)8-4-3-5-9(12)6-8/h3-7H,12H2,1-2H3,(H,13,14,15). The summed E-state index contributed by atoms with van der Waals surface area (Å²) >= 11 is 0. The molecule has 0 saturated heterocycles. The highest BCUT2D eigenvalue weighted by atomic mass is 15.2. The average molecular weight is 202 g/mol. The van der Waals surface area contributed by atoms with Crippen molar-refractivity contribution in [2.45, 2.75) is 19.8 Å². The highest BCUT2D eigenvalue weighted by molar-refractivity contribution is 5.60. The molecule has 0 radical (unpaired) electrons. The molecule has 1 heterocycles. The van der Waals surface area contributed by atoms with Crippen molar-refractivity contribution in [1.29, 1.82) is 0 Å². The van der Waals surface area contributed by atoms with Gasteiger partial charge in [0.15, 0.2) is 5.82 Å². The first kappa shape index (κ1) is 9.71. The van der Waals surface area contributed by atoms with E-state index < -0.39 is 0 Å². The van der Waals surface area contributed by atoms with Gasteiger partial charge in [0.2, 0.25) is 0 Å². The van der Waals surface area contributed by atoms with E-state index in [4.69, 9.17) is 5.73 Å². The highest BCUT2D eigenvalue weighted by Crippen LogP contribution is 2.19. The van der Waals surface area contributed by atoms with Gasteiger partial charge >= 0.3 is 0 Å². The molecule has 4 nitrogen and oxygen atoms in total. The summed E-state index contributed by atoms with van der Waals surface area (Å²) in [5.41, 5.74) is 7.36. The fraction of sp³-hybridized carbons (Fsp3) is 0.273. The minimum Gasteiger partial charge on any atom is -0.399 e. The summed E-state index contributed by atoms with van der Waals surface area (Å²) in [6, 6.07) is 7.56. The molecule has 2 rings (SSSR count). The van der Waals surface area contributed by atoms with E-state index in [1.165, 1.54) is 0 Å². The smallest absolute Gasteiger partial charge is 0.181 e. The van der Waals surface area contributed by atoms with Gasteiger partial charge in [-0.3, -0.25) is 5.10 Å². The number of rotatable bonds is 2. The zero-order valence-electron chi connectivity index (χ0n) is 8.86. The van der Waals surface area contributed by atoms with Crippen LogP contribution in [0.1, 0.15) is 25.6 Å². The molecule has 0 aliphatic carbocycles. The Bertz CT molecular complexity index is 459. The number of nitrogens with two attached hydrogens (primary N) is 1. The second kappa shape index (κ2) is 3.73. The largest absolute Gasteiger partial charge is 0.399 e. The molecule has 0 atom stereocenters. The van der Waals surface area contributed by atoms with Gasteiger partial charge in [0, 0.05) is 17.2 Å². The maximum absolute atomic E-state index is 5.70. The molecular formula is C11H14N4. The van der Waals surface area contributed by atoms with E-state index in [0.29, 0.717) is 11.7 Å². The van der Waals surface area contributed by atoms with Crippen LogP contribution in [0.2, 0.25) is 0 Å². The van der Waals surface area contributed by atoms with E-state index in [1.807, 2.05) is 24.3 Å². The Hall–Kier alpha value is -1.84. The molecule has 0 aliphatic heterocycles. The number of aromatic nitrogens is 3. The monoisotopic (exact) mass is 202 g/mol. The quantitative estimate of drug-likeness (QED) is 0.733. The first-order valence-corrected chi connectivity index (χ1v) is 4.95. The molecule has 0 bridgehead atoms. The number of anilines is 1. The van der Waals surface area contributed by atoms with Gasteiger partial charge in [0.25, 0.3) is 0 Å². The van der Waals surface area contributed by atoms with Crippen molar-refractivity contribution in [3.8, 4) is 11.4 Å². The molecule has 0 spiro atoms. The molecule has 78 valence electrons. The molecule has 0 unspecified atom stereocenters. The Labute approximate surface area is 88.5 Å². The molecule has 0 saturated carbocycles. The lowest BCUT2D eigenvalue weighted by atomic mass is 10.2. The molecule has 4 heteroatoms. The maximum Gasteiger partial charge on any atom is 0.181 e. The lowest BCUT2D eigenvalue weighted by Gasteiger charge is -1.97. The molecule has 15 heavy (non-hydrogen) atoms. The zero-order valence-corrected chi connectivity index (χ0v) is 8.86. The second-order valence-corrected chi connectivity index (χ2v) is 3.82. The van der Waals surface area contributed by atoms with Crippen LogP contribution in [-0.2, 0) is 0 Å². The van der Waals surface area contributed by atoms with Crippen LogP contribution >= 0.6 is 0 Å². The van der Waals surface area contributed by atoms with Crippen LogP contribution in [0, 0.1) is 0 Å². The van der Waals surface area contributed by atoms with Gasteiger partial charge in [-0.25, -0.2) is 4.98 Å². The van der Waals surface area contributed by atoms with E-state index in [9.17, 15) is 0 Å². The van der Waals surface area contributed by atoms with Crippen molar-refractivity contribution < 1.29 is 0 Å². The Kier molecular flexibility index (Phi) is 2.41. The Morgan fingerprint density at radius 2 is 2.13 bits per heavy atom. The molecule has 0 fully saturated rings. The summed E-state index contributed by atoms with van der Waals surface area (Å²) in [7, 11) is 0. The third-order valence-electron chi connectivity index (χ3n) is 2.19. The number of nitrogens with one attached hydrogen (secondary N) is 1. The number of nitrogen functional groups attached to an aromatic ring is 1. The maximum atomic E-state index is 5.70. The summed E-state index contributed by atoms with van der Waals surface area (Å²) in [6.07, 6.45) is 0. The highest BCUT2D eigenvalue weighted by Gasteiger charge is 2.08. The number of benzene rings is 1. The van der Waals surface area contributed by atoms with Crippen molar-refractivity contribution >= 4 is 5.69 Å². The summed E-state index contributed by atoms with van der Waals surface area (Å²) in [6.45, 7) is 4.15. The Morgan fingerprint density at radius 1 is 1.33 bits per heavy atom. The lowest BCUT2D eigenvalue weighted by Crippen LogP contribution is -1.89. The van der Waals surface area contributed by atoms with E-state index in [2.05, 4.69) is 29.0 Å². The van der Waals surface area contributed by atoms with Crippen LogP contribution in [0.15, 0.2) is 24.3 Å². The fourth-order valence-electron chi connectivity index (χ4n) is 1.34. The van der Waals surface area contributed by atoms with Crippen LogP contribution in [0.4, 0.5) is 5.69 Å². The summed E-state index contributed by atoms with van der Waals surface area (Å²) < 4.78 is 0. The minimum atomic E-state index is 0.354. The minimum absolute atomic E-state index is 0.354. The van der Waals surface area contributed by atoms with Crippen molar-refractivity contribution in [2.75, 3.05) is 5.73 Å². The van der Waals surface area contributed by atoms with Crippen LogP contribution in [-0.4, -0.2) is 15.2 Å². The normalized spacial score (nSPS) is 10.9. The van der Waals surface area contributed by atoms with Crippen molar-refractivity contribution in [3.05, 3.63) is 30.1 Å². The van der Waals surface area contributed by atoms with Crippen molar-refractivity contribution in [1.82, 2.24) is 15.2 Å². The van der Waals surface area contributed by atoms with Crippen molar-refractivity contribution in [2.24, 2.45) is 0 Å². The lowest BCUT2D eigenvalue weighted by molar-refractivity contribution is 0.781. The van der Waals surface area contributed by atoms with Gasteiger partial charge in [-0.1, -0.05) is 26.0 Å². The van der Waals surface area contributed by atoms with Gasteiger partial charge in [0.05, 0.1) is 0 Å². The SMILES string of the molecule is CC(C)c1nc(-c2cccc(N)c2)n[nH]1. The van der Waals surface area contributed by atoms with E-state index in [0.717, 1.165) is 17.1 Å². The predicted octanol–water partition coefficient (Wildman–Crippen LogP) is 2.18. The predicted molar refractivity (Wildman–Crippen MR) is 60.3 cm³/mol. The first-order valence-electron chi connectivity index (χ1n) is 4.95. The molecule has 0 amide bonds. The van der Waals surface area contributed by atoms with E-state index in [1.54, 1.807) is 0 Å². The molecule has 1 aromatic heterocycles. The molecule has 1 aromatic carbocycles. The molecule has 3 N–H and O–H groups in total. The summed E-state index contributed by atoms with van der Waals surface area (Å²) in [5.74, 6) is 1.95. The van der Waals surface area contributed by atoms with E-state index >= 15 is 0 Å². The number of nitrogens with zero attached hydrogens (tertiary/aromatic N) is 2. The fourth-order valence-corrected chi connectivity index (χ4v) is 1.34. The zero-order chi connectivity index (χ0) is 10.8. The van der Waals surface area contributed by atoms with Gasteiger partial charge in [-0.2, -0.15) is 5.10 Å². The molecule has 0 aliphatic rings. The third kappa shape index (κ3) is 1.98. The average Bonchev–Trinajstić information content (AvgIpc) is 2.66. The topological polar surface area (TPSA) is 67.6 Å². The number of hydrogen-bond acceptors (Lipinski definition) is 3. The van der Waals surface area contributed by atoms with Gasteiger partial charge in [0.1, 0.15) is 5.82 Å². The van der Waals surface area contributed by atoms with Crippen LogP contribution < -0.4 is 5.73 Å². The third-order valence-corrected chi connectivity index (χ3v) is 2.19. The first-order chi connectivity index (χ1) is 7.16. The number of aromatic amines is 1. The second-order valence-electron chi connectivity index (χ2n) is 3.82. The van der Waals surface area contributed by atoms with Gasteiger partial charge < -0.3 is 5.73 Å². The van der Waals surface area contributed by atoms with Crippen molar-refractivity contribution in [3.63, 3.8) is 0 Å². The van der Waals surface area contributed by atoms with Crippen LogP contribution in [0.3, 0.4) is 0 Å².